The number of fused-ring (bicyclic) bond motifs is 1. The second-order valence-electron chi connectivity index (χ2n) is 5.91. The Morgan fingerprint density at radius 3 is 2.78 bits per heavy atom. The Kier molecular flexibility index (Phi) is 4.86. The molecule has 1 aliphatic heterocycles. The Labute approximate surface area is 136 Å². The van der Waals surface area contributed by atoms with Gasteiger partial charge in [0.2, 0.25) is 0 Å². The number of rotatable bonds is 5. The van der Waals surface area contributed by atoms with Crippen LogP contribution in [0.15, 0.2) is 22.6 Å². The van der Waals surface area contributed by atoms with Gasteiger partial charge >= 0.3 is 0 Å². The quantitative estimate of drug-likeness (QED) is 0.920. The van der Waals surface area contributed by atoms with Crippen molar-refractivity contribution in [1.29, 1.82) is 0 Å². The highest BCUT2D eigenvalue weighted by Gasteiger charge is 2.23. The predicted octanol–water partition coefficient (Wildman–Crippen LogP) is 3.18. The SMILES string of the molecule is CCNCc1ccc(OC)c2oc(C(=O)N3CCCCC3)cc12. The Morgan fingerprint density at radius 2 is 2.09 bits per heavy atom. The Balaban J connectivity index is 1.96. The van der Waals surface area contributed by atoms with E-state index >= 15 is 0 Å². The summed E-state index contributed by atoms with van der Waals surface area (Å²) in [5, 5.41) is 4.27. The van der Waals surface area contributed by atoms with Crippen molar-refractivity contribution in [1.82, 2.24) is 10.2 Å². The van der Waals surface area contributed by atoms with Gasteiger partial charge < -0.3 is 19.4 Å². The lowest BCUT2D eigenvalue weighted by atomic mass is 10.1. The minimum Gasteiger partial charge on any atom is -0.493 e. The molecule has 1 N–H and O–H groups in total. The molecule has 0 saturated carbocycles. The number of benzene rings is 1. The van der Waals surface area contributed by atoms with Crippen molar-refractivity contribution in [3.63, 3.8) is 0 Å². The molecule has 1 amide bonds. The van der Waals surface area contributed by atoms with E-state index in [9.17, 15) is 4.79 Å². The average molecular weight is 316 g/mol. The van der Waals surface area contributed by atoms with Crippen LogP contribution in [0, 0.1) is 0 Å². The van der Waals surface area contributed by atoms with E-state index in [1.54, 1.807) is 7.11 Å². The molecule has 0 aliphatic carbocycles. The molecule has 23 heavy (non-hydrogen) atoms. The number of amides is 1. The van der Waals surface area contributed by atoms with Crippen LogP contribution in [0.1, 0.15) is 42.3 Å². The monoisotopic (exact) mass is 316 g/mol. The number of nitrogens with one attached hydrogen (secondary N) is 1. The highest BCUT2D eigenvalue weighted by Crippen LogP contribution is 2.32. The molecule has 1 aliphatic rings. The first-order chi connectivity index (χ1) is 11.2. The number of carbonyl (C=O) groups excluding carboxylic acids is 1. The minimum atomic E-state index is -0.0163. The summed E-state index contributed by atoms with van der Waals surface area (Å²) in [6.07, 6.45) is 3.34. The molecule has 1 fully saturated rings. The molecular weight excluding hydrogens is 292 g/mol. The van der Waals surface area contributed by atoms with Crippen molar-refractivity contribution < 1.29 is 13.9 Å². The van der Waals surface area contributed by atoms with Crippen LogP contribution >= 0.6 is 0 Å². The van der Waals surface area contributed by atoms with E-state index in [1.165, 1.54) is 6.42 Å². The first-order valence-electron chi connectivity index (χ1n) is 8.34. The zero-order chi connectivity index (χ0) is 16.2. The van der Waals surface area contributed by atoms with Crippen LogP contribution in [0.2, 0.25) is 0 Å². The van der Waals surface area contributed by atoms with E-state index in [0.717, 1.165) is 50.0 Å². The van der Waals surface area contributed by atoms with Gasteiger partial charge in [0.05, 0.1) is 7.11 Å². The summed E-state index contributed by atoms with van der Waals surface area (Å²) < 4.78 is 11.3. The molecule has 3 rings (SSSR count). The number of nitrogens with zero attached hydrogens (tertiary/aromatic N) is 1. The van der Waals surface area contributed by atoms with E-state index in [2.05, 4.69) is 12.2 Å². The first-order valence-corrected chi connectivity index (χ1v) is 8.34. The molecule has 0 radical (unpaired) electrons. The number of piperidine rings is 1. The number of furan rings is 1. The second kappa shape index (κ2) is 7.04. The summed E-state index contributed by atoms with van der Waals surface area (Å²) in [7, 11) is 1.62. The number of hydrogen-bond acceptors (Lipinski definition) is 4. The molecule has 0 unspecified atom stereocenters. The second-order valence-corrected chi connectivity index (χ2v) is 5.91. The van der Waals surface area contributed by atoms with Gasteiger partial charge in [0.15, 0.2) is 17.1 Å². The third-order valence-corrected chi connectivity index (χ3v) is 4.38. The largest absolute Gasteiger partial charge is 0.493 e. The fourth-order valence-electron chi connectivity index (χ4n) is 3.09. The van der Waals surface area contributed by atoms with Gasteiger partial charge in [0.25, 0.3) is 5.91 Å². The summed E-state index contributed by atoms with van der Waals surface area (Å²) in [4.78, 5) is 14.6. The van der Waals surface area contributed by atoms with E-state index in [0.29, 0.717) is 17.1 Å². The molecule has 1 saturated heterocycles. The van der Waals surface area contributed by atoms with Gasteiger partial charge in [-0.2, -0.15) is 0 Å². The van der Waals surface area contributed by atoms with Crippen molar-refractivity contribution >= 4 is 16.9 Å². The lowest BCUT2D eigenvalue weighted by Crippen LogP contribution is -2.35. The minimum absolute atomic E-state index is 0.0163. The van der Waals surface area contributed by atoms with E-state index in [1.807, 2.05) is 23.1 Å². The Hall–Kier alpha value is -2.01. The van der Waals surface area contributed by atoms with Gasteiger partial charge in [0.1, 0.15) is 0 Å². The topological polar surface area (TPSA) is 54.7 Å². The van der Waals surface area contributed by atoms with Gasteiger partial charge in [-0.15, -0.1) is 0 Å². The maximum Gasteiger partial charge on any atom is 0.289 e. The lowest BCUT2D eigenvalue weighted by Gasteiger charge is -2.25. The fraction of sp³-hybridized carbons (Fsp3) is 0.500. The molecule has 1 aromatic heterocycles. The Morgan fingerprint density at radius 1 is 1.30 bits per heavy atom. The summed E-state index contributed by atoms with van der Waals surface area (Å²) in [6.45, 7) is 5.34. The molecule has 0 spiro atoms. The summed E-state index contributed by atoms with van der Waals surface area (Å²) in [6, 6.07) is 5.78. The molecular formula is C18H24N2O3. The molecule has 5 heteroatoms. The molecule has 0 atom stereocenters. The van der Waals surface area contributed by atoms with Crippen LogP contribution < -0.4 is 10.1 Å². The molecule has 0 bridgehead atoms. The smallest absolute Gasteiger partial charge is 0.289 e. The van der Waals surface area contributed by atoms with Crippen molar-refractivity contribution in [2.45, 2.75) is 32.7 Å². The van der Waals surface area contributed by atoms with Crippen LogP contribution in [0.4, 0.5) is 0 Å². The van der Waals surface area contributed by atoms with Crippen LogP contribution in [-0.2, 0) is 6.54 Å². The van der Waals surface area contributed by atoms with Gasteiger partial charge in [-0.3, -0.25) is 4.79 Å². The molecule has 2 heterocycles. The van der Waals surface area contributed by atoms with E-state index < -0.39 is 0 Å². The highest BCUT2D eigenvalue weighted by atomic mass is 16.5. The highest BCUT2D eigenvalue weighted by molar-refractivity contribution is 5.98. The van der Waals surface area contributed by atoms with Gasteiger partial charge in [0, 0.05) is 25.0 Å². The average Bonchev–Trinajstić information content (AvgIpc) is 3.05. The number of hydrogen-bond donors (Lipinski definition) is 1. The summed E-state index contributed by atoms with van der Waals surface area (Å²) in [5.41, 5.74) is 1.77. The normalized spacial score (nSPS) is 15.1. The molecule has 5 nitrogen and oxygen atoms in total. The maximum atomic E-state index is 12.7. The zero-order valence-corrected chi connectivity index (χ0v) is 13.9. The van der Waals surface area contributed by atoms with Crippen LogP contribution in [-0.4, -0.2) is 37.6 Å². The van der Waals surface area contributed by atoms with Crippen molar-refractivity contribution in [3.05, 3.63) is 29.5 Å². The zero-order valence-electron chi connectivity index (χ0n) is 13.9. The van der Waals surface area contributed by atoms with Crippen molar-refractivity contribution in [2.75, 3.05) is 26.7 Å². The lowest BCUT2D eigenvalue weighted by molar-refractivity contribution is 0.0694. The number of likely N-dealkylation sites (tertiary alicyclic amines) is 1. The predicted molar refractivity (Wildman–Crippen MR) is 89.9 cm³/mol. The maximum absolute atomic E-state index is 12.7. The number of carbonyl (C=O) groups is 1. The van der Waals surface area contributed by atoms with Gasteiger partial charge in [-0.05, 0) is 43.5 Å². The number of methoxy groups -OCH3 is 1. The van der Waals surface area contributed by atoms with Gasteiger partial charge in [-0.25, -0.2) is 0 Å². The van der Waals surface area contributed by atoms with Gasteiger partial charge in [-0.1, -0.05) is 13.0 Å². The first kappa shape index (κ1) is 15.9. The molecule has 2 aromatic rings. The Bertz CT molecular complexity index is 687. The third kappa shape index (κ3) is 3.20. The van der Waals surface area contributed by atoms with Crippen LogP contribution in [0.3, 0.4) is 0 Å². The van der Waals surface area contributed by atoms with Crippen molar-refractivity contribution in [2.24, 2.45) is 0 Å². The molecule has 124 valence electrons. The third-order valence-electron chi connectivity index (χ3n) is 4.38. The van der Waals surface area contributed by atoms with Crippen molar-refractivity contribution in [3.8, 4) is 5.75 Å². The summed E-state index contributed by atoms with van der Waals surface area (Å²) >= 11 is 0. The summed E-state index contributed by atoms with van der Waals surface area (Å²) in [5.74, 6) is 1.06. The molecule has 1 aromatic carbocycles. The number of ether oxygens (including phenoxy) is 1. The van der Waals surface area contributed by atoms with E-state index in [-0.39, 0.29) is 5.91 Å². The fourth-order valence-corrected chi connectivity index (χ4v) is 3.09. The van der Waals surface area contributed by atoms with E-state index in [4.69, 9.17) is 9.15 Å². The van der Waals surface area contributed by atoms with Crippen LogP contribution in [0.25, 0.3) is 11.0 Å². The standard InChI is InChI=1S/C18H24N2O3/c1-3-19-12-13-7-8-15(22-2)17-14(13)11-16(23-17)18(21)20-9-5-4-6-10-20/h7-8,11,19H,3-6,9-10,12H2,1-2H3. The van der Waals surface area contributed by atoms with Crippen LogP contribution in [0.5, 0.6) is 5.75 Å².